The molecular formula is C25H22ClF3N4O. The summed E-state index contributed by atoms with van der Waals surface area (Å²) < 4.78 is 38.9. The van der Waals surface area contributed by atoms with Crippen LogP contribution < -0.4 is 10.9 Å². The number of nitrogens with zero attached hydrogens (tertiary/aromatic N) is 3. The molecule has 0 aliphatic carbocycles. The highest BCUT2D eigenvalue weighted by Gasteiger charge is 2.26. The second-order valence-corrected chi connectivity index (χ2v) is 8.52. The van der Waals surface area contributed by atoms with Gasteiger partial charge in [-0.3, -0.25) is 9.36 Å². The van der Waals surface area contributed by atoms with Crippen molar-refractivity contribution in [2.45, 2.75) is 38.5 Å². The van der Waals surface area contributed by atoms with Crippen LogP contribution in [0, 0.1) is 0 Å². The van der Waals surface area contributed by atoms with Crippen LogP contribution in [-0.4, -0.2) is 20.7 Å². The maximum absolute atomic E-state index is 12.6. The zero-order valence-electron chi connectivity index (χ0n) is 18.3. The molecule has 4 aromatic rings. The molecule has 0 radical (unpaired) electrons. The largest absolute Gasteiger partial charge is 0.389 e. The van der Waals surface area contributed by atoms with Crippen LogP contribution in [0.3, 0.4) is 0 Å². The van der Waals surface area contributed by atoms with Crippen molar-refractivity contribution in [2.24, 2.45) is 0 Å². The van der Waals surface area contributed by atoms with E-state index >= 15 is 0 Å². The number of aromatic nitrogens is 3. The van der Waals surface area contributed by atoms with Gasteiger partial charge in [-0.25, -0.2) is 4.98 Å². The molecule has 0 fully saturated rings. The zero-order chi connectivity index (χ0) is 24.3. The van der Waals surface area contributed by atoms with Crippen molar-refractivity contribution in [3.05, 3.63) is 98.9 Å². The number of anilines is 1. The number of alkyl halides is 3. The number of nitrogens with one attached hydrogen (secondary N) is 1. The van der Waals surface area contributed by atoms with Crippen molar-refractivity contribution < 1.29 is 13.2 Å². The molecule has 176 valence electrons. The highest BCUT2D eigenvalue weighted by Crippen LogP contribution is 2.23. The zero-order valence-corrected chi connectivity index (χ0v) is 19.1. The van der Waals surface area contributed by atoms with Gasteiger partial charge < -0.3 is 5.32 Å². The molecule has 0 saturated heterocycles. The Hall–Kier alpha value is -3.39. The summed E-state index contributed by atoms with van der Waals surface area (Å²) in [6, 6.07) is 17.3. The molecule has 4 rings (SSSR count). The summed E-state index contributed by atoms with van der Waals surface area (Å²) in [6.07, 6.45) is -3.48. The molecule has 1 N–H and O–H groups in total. The highest BCUT2D eigenvalue weighted by molar-refractivity contribution is 6.30. The molecule has 0 aliphatic rings. The summed E-state index contributed by atoms with van der Waals surface area (Å²) in [7, 11) is 0. The molecule has 0 bridgehead atoms. The summed E-state index contributed by atoms with van der Waals surface area (Å²) in [5.74, 6) is 0.372. The number of pyridine rings is 1. The number of fused-ring (bicyclic) bond motifs is 1. The average Bonchev–Trinajstić information content (AvgIpc) is 2.80. The summed E-state index contributed by atoms with van der Waals surface area (Å²) in [4.78, 5) is 21.6. The van der Waals surface area contributed by atoms with Crippen LogP contribution in [-0.2, 0) is 13.0 Å². The number of rotatable bonds is 7. The fourth-order valence-electron chi connectivity index (χ4n) is 3.60. The first kappa shape index (κ1) is 23.8. The topological polar surface area (TPSA) is 59.8 Å². The molecule has 0 amide bonds. The smallest absolute Gasteiger partial charge is 0.348 e. The fourth-order valence-corrected chi connectivity index (χ4v) is 3.73. The number of aryl methyl sites for hydroxylation is 1. The molecule has 2 heterocycles. The minimum Gasteiger partial charge on any atom is -0.348 e. The first-order valence-electron chi connectivity index (χ1n) is 10.7. The van der Waals surface area contributed by atoms with E-state index in [0.717, 1.165) is 11.1 Å². The van der Waals surface area contributed by atoms with Crippen LogP contribution in [0.2, 0.25) is 5.02 Å². The van der Waals surface area contributed by atoms with E-state index in [9.17, 15) is 18.0 Å². The third kappa shape index (κ3) is 5.94. The normalized spacial score (nSPS) is 12.6. The van der Waals surface area contributed by atoms with E-state index < -0.39 is 12.6 Å². The van der Waals surface area contributed by atoms with Crippen LogP contribution in [0.1, 0.15) is 36.1 Å². The van der Waals surface area contributed by atoms with Gasteiger partial charge in [0.25, 0.3) is 5.56 Å². The predicted octanol–water partition coefficient (Wildman–Crippen LogP) is 6.16. The molecule has 9 heteroatoms. The quantitative estimate of drug-likeness (QED) is 0.340. The van der Waals surface area contributed by atoms with Crippen LogP contribution >= 0.6 is 11.6 Å². The standard InChI is InChI=1S/C25H22ClF3N4O/c1-16(19-6-9-21(26)10-7-19)31-24-30-14-20-8-11-22(34)33(23(20)32-24)15-18-4-2-17(3-5-18)12-13-25(27,28)29/h2-11,14,16H,12-13,15H2,1H3,(H,30,31,32)/t16-/m0/s1. The Morgan fingerprint density at radius 2 is 1.68 bits per heavy atom. The second-order valence-electron chi connectivity index (χ2n) is 8.08. The molecule has 34 heavy (non-hydrogen) atoms. The number of hydrogen-bond acceptors (Lipinski definition) is 4. The first-order chi connectivity index (χ1) is 16.2. The van der Waals surface area contributed by atoms with Gasteiger partial charge in [0.05, 0.1) is 12.6 Å². The molecule has 0 spiro atoms. The molecule has 2 aromatic carbocycles. The van der Waals surface area contributed by atoms with Crippen LogP contribution in [0.5, 0.6) is 0 Å². The Morgan fingerprint density at radius 1 is 1.00 bits per heavy atom. The van der Waals surface area contributed by atoms with Gasteiger partial charge in [-0.05, 0) is 48.2 Å². The van der Waals surface area contributed by atoms with Crippen molar-refractivity contribution in [3.63, 3.8) is 0 Å². The second kappa shape index (κ2) is 9.85. The van der Waals surface area contributed by atoms with Crippen LogP contribution in [0.4, 0.5) is 19.1 Å². The molecule has 1 atom stereocenters. The molecule has 0 saturated carbocycles. The lowest BCUT2D eigenvalue weighted by Crippen LogP contribution is -2.21. The van der Waals surface area contributed by atoms with E-state index in [1.165, 1.54) is 10.6 Å². The Morgan fingerprint density at radius 3 is 2.35 bits per heavy atom. The summed E-state index contributed by atoms with van der Waals surface area (Å²) in [5.41, 5.74) is 2.62. The summed E-state index contributed by atoms with van der Waals surface area (Å²) >= 11 is 5.96. The minimum atomic E-state index is -4.19. The van der Waals surface area contributed by atoms with Gasteiger partial charge in [0, 0.05) is 29.1 Å². The molecule has 0 aliphatic heterocycles. The van der Waals surface area contributed by atoms with Crippen molar-refractivity contribution >= 4 is 28.6 Å². The summed E-state index contributed by atoms with van der Waals surface area (Å²) in [6.45, 7) is 2.20. The van der Waals surface area contributed by atoms with Gasteiger partial charge in [-0.15, -0.1) is 0 Å². The number of benzene rings is 2. The molecular weight excluding hydrogens is 465 g/mol. The van der Waals surface area contributed by atoms with Gasteiger partial charge in [0.1, 0.15) is 5.65 Å². The monoisotopic (exact) mass is 486 g/mol. The fraction of sp³-hybridized carbons (Fsp3) is 0.240. The lowest BCUT2D eigenvalue weighted by atomic mass is 10.1. The Kier molecular flexibility index (Phi) is 6.88. The molecule has 2 aromatic heterocycles. The minimum absolute atomic E-state index is 0.0773. The lowest BCUT2D eigenvalue weighted by Gasteiger charge is -2.16. The third-order valence-corrected chi connectivity index (χ3v) is 5.75. The average molecular weight is 487 g/mol. The van der Waals surface area contributed by atoms with Crippen molar-refractivity contribution in [1.29, 1.82) is 0 Å². The maximum atomic E-state index is 12.6. The third-order valence-electron chi connectivity index (χ3n) is 5.50. The van der Waals surface area contributed by atoms with Crippen molar-refractivity contribution in [3.8, 4) is 0 Å². The van der Waals surface area contributed by atoms with E-state index in [4.69, 9.17) is 11.6 Å². The van der Waals surface area contributed by atoms with Gasteiger partial charge in [0.15, 0.2) is 0 Å². The summed E-state index contributed by atoms with van der Waals surface area (Å²) in [5, 5.41) is 4.59. The van der Waals surface area contributed by atoms with Gasteiger partial charge in [0.2, 0.25) is 5.95 Å². The molecule has 0 unspecified atom stereocenters. The van der Waals surface area contributed by atoms with Crippen molar-refractivity contribution in [2.75, 3.05) is 5.32 Å². The van der Waals surface area contributed by atoms with Gasteiger partial charge in [-0.2, -0.15) is 18.2 Å². The van der Waals surface area contributed by atoms with Gasteiger partial charge >= 0.3 is 6.18 Å². The number of halogens is 4. The predicted molar refractivity (Wildman–Crippen MR) is 127 cm³/mol. The van der Waals surface area contributed by atoms with Crippen LogP contribution in [0.15, 0.2) is 71.7 Å². The Labute approximate surface area is 199 Å². The van der Waals surface area contributed by atoms with E-state index in [1.54, 1.807) is 36.5 Å². The molecule has 5 nitrogen and oxygen atoms in total. The van der Waals surface area contributed by atoms with E-state index in [0.29, 0.717) is 27.6 Å². The lowest BCUT2D eigenvalue weighted by molar-refractivity contribution is -0.133. The Balaban J connectivity index is 1.57. The maximum Gasteiger partial charge on any atom is 0.389 e. The van der Waals surface area contributed by atoms with E-state index in [2.05, 4.69) is 15.3 Å². The van der Waals surface area contributed by atoms with Crippen molar-refractivity contribution in [1.82, 2.24) is 14.5 Å². The number of hydrogen-bond donors (Lipinski definition) is 1. The SMILES string of the molecule is C[C@H](Nc1ncc2ccc(=O)n(Cc3ccc(CCC(F)(F)F)cc3)c2n1)c1ccc(Cl)cc1. The first-order valence-corrected chi connectivity index (χ1v) is 11.1. The van der Waals surface area contributed by atoms with E-state index in [-0.39, 0.29) is 24.6 Å². The van der Waals surface area contributed by atoms with Crippen LogP contribution in [0.25, 0.3) is 11.0 Å². The highest BCUT2D eigenvalue weighted by atomic mass is 35.5. The van der Waals surface area contributed by atoms with Gasteiger partial charge in [-0.1, -0.05) is 48.0 Å². The van der Waals surface area contributed by atoms with E-state index in [1.807, 2.05) is 31.2 Å². The Bertz CT molecular complexity index is 1340.